The fourth-order valence-electron chi connectivity index (χ4n) is 3.48. The number of ether oxygens (including phenoxy) is 1. The van der Waals surface area contributed by atoms with E-state index in [1.807, 2.05) is 30.3 Å². The molecule has 0 radical (unpaired) electrons. The molecule has 0 saturated carbocycles. The zero-order valence-electron chi connectivity index (χ0n) is 14.0. The van der Waals surface area contributed by atoms with Crippen molar-refractivity contribution in [3.8, 4) is 0 Å². The van der Waals surface area contributed by atoms with Crippen LogP contribution in [-0.4, -0.2) is 36.1 Å². The minimum absolute atomic E-state index is 0.0763. The van der Waals surface area contributed by atoms with Crippen LogP contribution in [0.3, 0.4) is 0 Å². The highest BCUT2D eigenvalue weighted by molar-refractivity contribution is 6.20. The van der Waals surface area contributed by atoms with Crippen molar-refractivity contribution in [3.63, 3.8) is 0 Å². The van der Waals surface area contributed by atoms with Gasteiger partial charge in [-0.15, -0.1) is 0 Å². The minimum atomic E-state index is -0.631. The Morgan fingerprint density at radius 2 is 1.58 bits per heavy atom. The number of benzene rings is 2. The average molecular weight is 351 g/mol. The Morgan fingerprint density at radius 3 is 2.23 bits per heavy atom. The van der Waals surface area contributed by atoms with Crippen molar-refractivity contribution in [3.05, 3.63) is 71.3 Å². The van der Waals surface area contributed by atoms with Crippen LogP contribution in [-0.2, 0) is 14.4 Å². The molecule has 4 rings (SSSR count). The Morgan fingerprint density at radius 1 is 0.962 bits per heavy atom. The molecule has 132 valence electrons. The smallest absolute Gasteiger partial charge is 0.339 e. The molecule has 2 aliphatic heterocycles. The summed E-state index contributed by atoms with van der Waals surface area (Å²) in [5, 5.41) is 0.559. The highest BCUT2D eigenvalue weighted by atomic mass is 16.7. The van der Waals surface area contributed by atoms with Gasteiger partial charge >= 0.3 is 5.97 Å². The lowest BCUT2D eigenvalue weighted by Gasteiger charge is -2.30. The van der Waals surface area contributed by atoms with Gasteiger partial charge in [0.15, 0.2) is 0 Å². The highest BCUT2D eigenvalue weighted by Crippen LogP contribution is 2.33. The summed E-state index contributed by atoms with van der Waals surface area (Å²) < 4.78 is 5.45. The molecular weight excluding hydrogens is 334 g/mol. The van der Waals surface area contributed by atoms with Gasteiger partial charge in [-0.3, -0.25) is 9.59 Å². The second-order valence-electron chi connectivity index (χ2n) is 6.35. The first kappa shape index (κ1) is 16.5. The molecule has 1 saturated heterocycles. The maximum absolute atomic E-state index is 12.7. The molecule has 2 amide bonds. The van der Waals surface area contributed by atoms with Crippen LogP contribution in [0.2, 0.25) is 0 Å². The summed E-state index contributed by atoms with van der Waals surface area (Å²) in [7, 11) is 0. The van der Waals surface area contributed by atoms with Crippen molar-refractivity contribution in [2.45, 2.75) is 12.3 Å². The number of rotatable bonds is 3. The lowest BCUT2D eigenvalue weighted by molar-refractivity contribution is -0.179. The predicted molar refractivity (Wildman–Crippen MR) is 91.1 cm³/mol. The monoisotopic (exact) mass is 351 g/mol. The van der Waals surface area contributed by atoms with Gasteiger partial charge in [-0.05, 0) is 24.1 Å². The number of hydrogen-bond acceptors (Lipinski definition) is 5. The Bertz CT molecular complexity index is 829. The molecule has 2 aromatic rings. The van der Waals surface area contributed by atoms with Gasteiger partial charge in [0.05, 0.1) is 23.7 Å². The molecule has 26 heavy (non-hydrogen) atoms. The lowest BCUT2D eigenvalue weighted by atomic mass is 9.83. The van der Waals surface area contributed by atoms with Gasteiger partial charge in [0.25, 0.3) is 11.8 Å². The van der Waals surface area contributed by atoms with Gasteiger partial charge < -0.3 is 9.57 Å². The molecule has 2 heterocycles. The van der Waals surface area contributed by atoms with E-state index >= 15 is 0 Å². The van der Waals surface area contributed by atoms with Crippen molar-refractivity contribution in [1.82, 2.24) is 5.06 Å². The molecule has 6 nitrogen and oxygen atoms in total. The summed E-state index contributed by atoms with van der Waals surface area (Å²) >= 11 is 0. The molecule has 0 spiro atoms. The van der Waals surface area contributed by atoms with E-state index < -0.39 is 23.7 Å². The molecule has 2 aliphatic rings. The molecule has 6 heteroatoms. The summed E-state index contributed by atoms with van der Waals surface area (Å²) in [4.78, 5) is 42.7. The van der Waals surface area contributed by atoms with Crippen LogP contribution in [0.4, 0.5) is 0 Å². The second-order valence-corrected chi connectivity index (χ2v) is 6.35. The third-order valence-corrected chi connectivity index (χ3v) is 4.82. The maximum atomic E-state index is 12.7. The fourth-order valence-corrected chi connectivity index (χ4v) is 3.48. The van der Waals surface area contributed by atoms with Gasteiger partial charge in [-0.1, -0.05) is 47.5 Å². The highest BCUT2D eigenvalue weighted by Gasteiger charge is 2.42. The first-order valence-corrected chi connectivity index (χ1v) is 8.49. The molecule has 0 aromatic heterocycles. The molecule has 1 fully saturated rings. The SMILES string of the molecule is O=C(ON1C(=O)c2ccccc2C1=O)[C@@H]1COCC[C@@H]1c1ccccc1. The van der Waals surface area contributed by atoms with Gasteiger partial charge in [0.1, 0.15) is 0 Å². The van der Waals surface area contributed by atoms with Gasteiger partial charge in [0, 0.05) is 12.5 Å². The topological polar surface area (TPSA) is 72.9 Å². The Kier molecular flexibility index (Phi) is 4.26. The standard InChI is InChI=1S/C20H17NO5/c22-18-15-8-4-5-9-16(15)19(23)21(18)26-20(24)17-12-25-11-10-14(17)13-6-2-1-3-7-13/h1-9,14,17H,10-12H2/t14-,17-/m1/s1. The predicted octanol–water partition coefficient (Wildman–Crippen LogP) is 2.56. The number of amides is 2. The molecular formula is C20H17NO5. The zero-order valence-corrected chi connectivity index (χ0v) is 14.0. The van der Waals surface area contributed by atoms with Gasteiger partial charge in [-0.2, -0.15) is 0 Å². The van der Waals surface area contributed by atoms with E-state index in [2.05, 4.69) is 0 Å². The first-order chi connectivity index (χ1) is 12.7. The van der Waals surface area contributed by atoms with Crippen LogP contribution in [0.25, 0.3) is 0 Å². The summed E-state index contributed by atoms with van der Waals surface area (Å²) in [6.45, 7) is 0.748. The molecule has 2 atom stereocenters. The Hall–Kier alpha value is -2.99. The molecule has 0 unspecified atom stereocenters. The number of fused-ring (bicyclic) bond motifs is 1. The molecule has 0 aliphatic carbocycles. The van der Waals surface area contributed by atoms with E-state index in [4.69, 9.17) is 9.57 Å². The average Bonchev–Trinajstić information content (AvgIpc) is 2.94. The van der Waals surface area contributed by atoms with Crippen molar-refractivity contribution in [1.29, 1.82) is 0 Å². The number of carbonyl (C=O) groups is 3. The molecule has 2 aromatic carbocycles. The van der Waals surface area contributed by atoms with Crippen molar-refractivity contribution in [2.75, 3.05) is 13.2 Å². The van der Waals surface area contributed by atoms with Crippen LogP contribution in [0.15, 0.2) is 54.6 Å². The van der Waals surface area contributed by atoms with E-state index in [0.717, 1.165) is 5.56 Å². The van der Waals surface area contributed by atoms with Crippen LogP contribution in [0.1, 0.15) is 38.6 Å². The molecule has 0 bridgehead atoms. The van der Waals surface area contributed by atoms with Crippen LogP contribution in [0, 0.1) is 5.92 Å². The lowest BCUT2D eigenvalue weighted by Crippen LogP contribution is -2.40. The van der Waals surface area contributed by atoms with Crippen LogP contribution in [0.5, 0.6) is 0 Å². The van der Waals surface area contributed by atoms with E-state index in [-0.39, 0.29) is 23.7 Å². The summed E-state index contributed by atoms with van der Waals surface area (Å²) in [5.41, 5.74) is 1.50. The second kappa shape index (κ2) is 6.72. The number of hydroxylamine groups is 2. The normalized spacial score (nSPS) is 22.2. The van der Waals surface area contributed by atoms with E-state index in [9.17, 15) is 14.4 Å². The number of carbonyl (C=O) groups excluding carboxylic acids is 3. The first-order valence-electron chi connectivity index (χ1n) is 8.49. The van der Waals surface area contributed by atoms with Crippen LogP contribution < -0.4 is 0 Å². The minimum Gasteiger partial charge on any atom is -0.381 e. The fraction of sp³-hybridized carbons (Fsp3) is 0.250. The van der Waals surface area contributed by atoms with Gasteiger partial charge in [0.2, 0.25) is 0 Å². The quantitative estimate of drug-likeness (QED) is 0.795. The third kappa shape index (κ3) is 2.78. The Balaban J connectivity index is 1.54. The summed E-state index contributed by atoms with van der Waals surface area (Å²) in [6, 6.07) is 16.1. The number of imide groups is 1. The zero-order chi connectivity index (χ0) is 18.1. The van der Waals surface area contributed by atoms with Gasteiger partial charge in [-0.25, -0.2) is 4.79 Å². The Labute approximate surface area is 150 Å². The van der Waals surface area contributed by atoms with Crippen molar-refractivity contribution >= 4 is 17.8 Å². The van der Waals surface area contributed by atoms with E-state index in [1.165, 1.54) is 0 Å². The number of nitrogens with zero attached hydrogens (tertiary/aromatic N) is 1. The van der Waals surface area contributed by atoms with Crippen molar-refractivity contribution in [2.24, 2.45) is 5.92 Å². The summed E-state index contributed by atoms with van der Waals surface area (Å²) in [6.07, 6.45) is 0.673. The largest absolute Gasteiger partial charge is 0.381 e. The molecule has 0 N–H and O–H groups in total. The maximum Gasteiger partial charge on any atom is 0.339 e. The van der Waals surface area contributed by atoms with E-state index in [1.54, 1.807) is 24.3 Å². The summed E-state index contributed by atoms with van der Waals surface area (Å²) in [5.74, 6) is -2.52. The van der Waals surface area contributed by atoms with Crippen molar-refractivity contribution < 1.29 is 24.0 Å². The third-order valence-electron chi connectivity index (χ3n) is 4.82. The van der Waals surface area contributed by atoms with Crippen LogP contribution >= 0.6 is 0 Å². The van der Waals surface area contributed by atoms with E-state index in [0.29, 0.717) is 18.1 Å². The number of hydrogen-bond donors (Lipinski definition) is 0.